The molecule has 1 unspecified atom stereocenters. The molecule has 0 saturated heterocycles. The van der Waals surface area contributed by atoms with Gasteiger partial charge in [-0.15, -0.1) is 0 Å². The summed E-state index contributed by atoms with van der Waals surface area (Å²) in [7, 11) is 0. The Labute approximate surface area is 129 Å². The van der Waals surface area contributed by atoms with Gasteiger partial charge in [0.05, 0.1) is 6.61 Å². The molecule has 118 valence electrons. The molecule has 0 aromatic heterocycles. The third-order valence-corrected chi connectivity index (χ3v) is 3.84. The smallest absolute Gasteiger partial charge is 0.165 e. The fraction of sp³-hybridized carbons (Fsp3) is 0.667. The van der Waals surface area contributed by atoms with Gasteiger partial charge in [-0.25, -0.2) is 0 Å². The van der Waals surface area contributed by atoms with Gasteiger partial charge in [-0.1, -0.05) is 19.1 Å². The molecule has 0 radical (unpaired) electrons. The molecule has 1 aromatic rings. The van der Waals surface area contributed by atoms with Crippen molar-refractivity contribution in [1.82, 2.24) is 5.32 Å². The zero-order valence-electron chi connectivity index (χ0n) is 13.9. The minimum Gasteiger partial charge on any atom is -0.490 e. The number of para-hydroxylation sites is 1. The average molecular weight is 291 g/mol. The number of ether oxygens (including phenoxy) is 2. The Morgan fingerprint density at radius 1 is 1.38 bits per heavy atom. The molecule has 0 aliphatic carbocycles. The van der Waals surface area contributed by atoms with E-state index in [0.29, 0.717) is 6.04 Å². The maximum atomic E-state index is 6.02. The number of nitrogens with one attached hydrogen (secondary N) is 1. The van der Waals surface area contributed by atoms with Crippen LogP contribution >= 0.6 is 0 Å². The first-order valence-corrected chi connectivity index (χ1v) is 8.19. The Morgan fingerprint density at radius 2 is 2.19 bits per heavy atom. The van der Waals surface area contributed by atoms with Gasteiger partial charge in [0.2, 0.25) is 0 Å². The van der Waals surface area contributed by atoms with Crippen LogP contribution in [-0.4, -0.2) is 24.8 Å². The van der Waals surface area contributed by atoms with Crippen LogP contribution in [0.15, 0.2) is 18.2 Å². The maximum Gasteiger partial charge on any atom is 0.165 e. The molecule has 0 amide bonds. The van der Waals surface area contributed by atoms with E-state index >= 15 is 0 Å². The molecule has 1 heterocycles. The summed E-state index contributed by atoms with van der Waals surface area (Å²) in [5.74, 6) is 1.84. The van der Waals surface area contributed by atoms with Crippen LogP contribution in [0.5, 0.6) is 11.5 Å². The summed E-state index contributed by atoms with van der Waals surface area (Å²) in [5, 5.41) is 3.50. The van der Waals surface area contributed by atoms with Crippen molar-refractivity contribution in [3.8, 4) is 11.5 Å². The van der Waals surface area contributed by atoms with E-state index in [1.165, 1.54) is 12.0 Å². The monoisotopic (exact) mass is 291 g/mol. The minimum absolute atomic E-state index is 0.111. The second-order valence-corrected chi connectivity index (χ2v) is 6.63. The summed E-state index contributed by atoms with van der Waals surface area (Å²) in [6.07, 6.45) is 4.34. The zero-order valence-corrected chi connectivity index (χ0v) is 13.9. The highest BCUT2D eigenvalue weighted by atomic mass is 16.5. The largest absolute Gasteiger partial charge is 0.490 e. The molecule has 0 fully saturated rings. The molecule has 21 heavy (non-hydrogen) atoms. The molecule has 1 aromatic carbocycles. The lowest BCUT2D eigenvalue weighted by Gasteiger charge is -2.18. The van der Waals surface area contributed by atoms with Crippen LogP contribution in [0.4, 0.5) is 0 Å². The summed E-state index contributed by atoms with van der Waals surface area (Å²) in [4.78, 5) is 0. The van der Waals surface area contributed by atoms with Crippen LogP contribution in [0, 0.1) is 0 Å². The molecule has 3 nitrogen and oxygen atoms in total. The normalized spacial score (nSPS) is 17.1. The lowest BCUT2D eigenvalue weighted by molar-refractivity contribution is 0.132. The second kappa shape index (κ2) is 7.17. The van der Waals surface area contributed by atoms with Crippen LogP contribution in [-0.2, 0) is 6.42 Å². The van der Waals surface area contributed by atoms with E-state index in [4.69, 9.17) is 9.47 Å². The SMILES string of the molecule is CCCNC(C)CCCOc1cccc2c1OC(C)(C)C2. The summed E-state index contributed by atoms with van der Waals surface area (Å²) in [5.41, 5.74) is 1.15. The van der Waals surface area contributed by atoms with Crippen molar-refractivity contribution in [1.29, 1.82) is 0 Å². The van der Waals surface area contributed by atoms with Gasteiger partial charge in [0.25, 0.3) is 0 Å². The molecule has 1 aliphatic heterocycles. The summed E-state index contributed by atoms with van der Waals surface area (Å²) < 4.78 is 12.0. The van der Waals surface area contributed by atoms with Gasteiger partial charge in [0.1, 0.15) is 5.60 Å². The standard InChI is InChI=1S/C18H29NO2/c1-5-11-19-14(2)8-7-12-20-16-10-6-9-15-13-18(3,4)21-17(15)16/h6,9-10,14,19H,5,7-8,11-13H2,1-4H3. The Balaban J connectivity index is 1.79. The summed E-state index contributed by atoms with van der Waals surface area (Å²) in [6.45, 7) is 10.5. The topological polar surface area (TPSA) is 30.5 Å². The van der Waals surface area contributed by atoms with Gasteiger partial charge in [-0.3, -0.25) is 0 Å². The molecule has 1 atom stereocenters. The van der Waals surface area contributed by atoms with Crippen molar-refractivity contribution in [2.75, 3.05) is 13.2 Å². The van der Waals surface area contributed by atoms with E-state index < -0.39 is 0 Å². The Kier molecular flexibility index (Phi) is 5.51. The van der Waals surface area contributed by atoms with Gasteiger partial charge in [-0.05, 0) is 52.6 Å². The zero-order chi connectivity index (χ0) is 15.3. The third kappa shape index (κ3) is 4.63. The predicted molar refractivity (Wildman–Crippen MR) is 87.3 cm³/mol. The maximum absolute atomic E-state index is 6.02. The fourth-order valence-corrected chi connectivity index (χ4v) is 2.77. The molecule has 2 rings (SSSR count). The van der Waals surface area contributed by atoms with E-state index in [1.54, 1.807) is 0 Å². The van der Waals surface area contributed by atoms with Crippen molar-refractivity contribution >= 4 is 0 Å². The lowest BCUT2D eigenvalue weighted by Crippen LogP contribution is -2.27. The number of benzene rings is 1. The first-order chi connectivity index (χ1) is 10.0. The van der Waals surface area contributed by atoms with Crippen molar-refractivity contribution < 1.29 is 9.47 Å². The van der Waals surface area contributed by atoms with Crippen LogP contribution in [0.3, 0.4) is 0 Å². The molecular weight excluding hydrogens is 262 g/mol. The Bertz CT molecular complexity index is 457. The molecular formula is C18H29NO2. The van der Waals surface area contributed by atoms with Crippen molar-refractivity contribution in [3.05, 3.63) is 23.8 Å². The molecule has 1 aliphatic rings. The van der Waals surface area contributed by atoms with Crippen LogP contribution in [0.2, 0.25) is 0 Å². The lowest BCUT2D eigenvalue weighted by atomic mass is 10.0. The van der Waals surface area contributed by atoms with Crippen molar-refractivity contribution in [2.24, 2.45) is 0 Å². The van der Waals surface area contributed by atoms with Crippen LogP contribution < -0.4 is 14.8 Å². The van der Waals surface area contributed by atoms with E-state index in [-0.39, 0.29) is 5.60 Å². The number of rotatable bonds is 8. The number of hydrogen-bond donors (Lipinski definition) is 1. The van der Waals surface area contributed by atoms with Gasteiger partial charge in [0.15, 0.2) is 11.5 Å². The molecule has 0 spiro atoms. The highest BCUT2D eigenvalue weighted by Crippen LogP contribution is 2.41. The molecule has 3 heteroatoms. The molecule has 0 saturated carbocycles. The summed E-state index contributed by atoms with van der Waals surface area (Å²) in [6, 6.07) is 6.77. The van der Waals surface area contributed by atoms with Gasteiger partial charge in [-0.2, -0.15) is 0 Å². The minimum atomic E-state index is -0.111. The predicted octanol–water partition coefficient (Wildman–Crippen LogP) is 3.95. The van der Waals surface area contributed by atoms with Crippen LogP contribution in [0.25, 0.3) is 0 Å². The first-order valence-electron chi connectivity index (χ1n) is 8.19. The van der Waals surface area contributed by atoms with Crippen LogP contribution in [0.1, 0.15) is 52.5 Å². The number of fused-ring (bicyclic) bond motifs is 1. The molecule has 0 bridgehead atoms. The third-order valence-electron chi connectivity index (χ3n) is 3.84. The fourth-order valence-electron chi connectivity index (χ4n) is 2.77. The van der Waals surface area contributed by atoms with E-state index in [9.17, 15) is 0 Å². The van der Waals surface area contributed by atoms with Gasteiger partial charge < -0.3 is 14.8 Å². The Morgan fingerprint density at radius 3 is 2.95 bits per heavy atom. The highest BCUT2D eigenvalue weighted by molar-refractivity contribution is 5.50. The summed E-state index contributed by atoms with van der Waals surface area (Å²) >= 11 is 0. The van der Waals surface area contributed by atoms with Gasteiger partial charge in [0, 0.05) is 18.0 Å². The second-order valence-electron chi connectivity index (χ2n) is 6.63. The molecule has 1 N–H and O–H groups in total. The first kappa shape index (κ1) is 16.2. The Hall–Kier alpha value is -1.22. The van der Waals surface area contributed by atoms with Gasteiger partial charge >= 0.3 is 0 Å². The van der Waals surface area contributed by atoms with E-state index in [2.05, 4.69) is 45.1 Å². The highest BCUT2D eigenvalue weighted by Gasteiger charge is 2.32. The van der Waals surface area contributed by atoms with E-state index in [1.807, 2.05) is 6.07 Å². The van der Waals surface area contributed by atoms with E-state index in [0.717, 1.165) is 43.9 Å². The van der Waals surface area contributed by atoms with Crippen molar-refractivity contribution in [3.63, 3.8) is 0 Å². The van der Waals surface area contributed by atoms with Crippen molar-refractivity contribution in [2.45, 2.75) is 65.0 Å². The quantitative estimate of drug-likeness (QED) is 0.736. The average Bonchev–Trinajstić information content (AvgIpc) is 2.76. The number of hydrogen-bond acceptors (Lipinski definition) is 3.